The highest BCUT2D eigenvalue weighted by molar-refractivity contribution is 7.99. The van der Waals surface area contributed by atoms with Crippen LogP contribution in [0.1, 0.15) is 0 Å². The first-order chi connectivity index (χ1) is 6.26. The van der Waals surface area contributed by atoms with Crippen molar-refractivity contribution in [1.82, 2.24) is 15.0 Å². The van der Waals surface area contributed by atoms with E-state index in [1.54, 1.807) is 0 Å². The standard InChI is InChI=1S/C6H7Cl2N3OS/c1-12-5-9-4(8)10-6(11-5)13-3-2-7/h2-3H2,1H3. The molecular formula is C6H7Cl2N3OS. The predicted octanol–water partition coefficient (Wildman–Crippen LogP) is 1.86. The lowest BCUT2D eigenvalue weighted by Gasteiger charge is -2.00. The van der Waals surface area contributed by atoms with Gasteiger partial charge in [0.2, 0.25) is 5.28 Å². The molecule has 0 aromatic carbocycles. The van der Waals surface area contributed by atoms with E-state index in [1.807, 2.05) is 0 Å². The number of hydrogen-bond acceptors (Lipinski definition) is 5. The molecule has 0 fully saturated rings. The van der Waals surface area contributed by atoms with Gasteiger partial charge in [0.15, 0.2) is 5.16 Å². The highest BCUT2D eigenvalue weighted by Crippen LogP contribution is 2.17. The van der Waals surface area contributed by atoms with Gasteiger partial charge in [0.25, 0.3) is 0 Å². The van der Waals surface area contributed by atoms with Gasteiger partial charge in [0.1, 0.15) is 0 Å². The summed E-state index contributed by atoms with van der Waals surface area (Å²) in [6.07, 6.45) is 0. The van der Waals surface area contributed by atoms with Crippen molar-refractivity contribution in [2.24, 2.45) is 0 Å². The summed E-state index contributed by atoms with van der Waals surface area (Å²) < 4.78 is 4.82. The van der Waals surface area contributed by atoms with Crippen LogP contribution in [0.4, 0.5) is 0 Å². The van der Waals surface area contributed by atoms with E-state index < -0.39 is 0 Å². The Morgan fingerprint density at radius 3 is 2.77 bits per heavy atom. The van der Waals surface area contributed by atoms with E-state index in [0.717, 1.165) is 5.75 Å². The van der Waals surface area contributed by atoms with E-state index in [9.17, 15) is 0 Å². The normalized spacial score (nSPS) is 10.1. The molecule has 72 valence electrons. The fourth-order valence-electron chi connectivity index (χ4n) is 0.600. The van der Waals surface area contributed by atoms with Gasteiger partial charge in [-0.15, -0.1) is 11.6 Å². The van der Waals surface area contributed by atoms with Gasteiger partial charge in [0.05, 0.1) is 7.11 Å². The molecule has 0 atom stereocenters. The third kappa shape index (κ3) is 3.54. The maximum absolute atomic E-state index is 5.62. The maximum Gasteiger partial charge on any atom is 0.321 e. The van der Waals surface area contributed by atoms with Crippen molar-refractivity contribution in [1.29, 1.82) is 0 Å². The second kappa shape index (κ2) is 5.47. The summed E-state index contributed by atoms with van der Waals surface area (Å²) in [6.45, 7) is 0. The summed E-state index contributed by atoms with van der Waals surface area (Å²) >= 11 is 12.5. The zero-order valence-electron chi connectivity index (χ0n) is 6.83. The van der Waals surface area contributed by atoms with Gasteiger partial charge < -0.3 is 4.74 Å². The van der Waals surface area contributed by atoms with Crippen molar-refractivity contribution in [2.45, 2.75) is 5.16 Å². The topological polar surface area (TPSA) is 47.9 Å². The number of nitrogens with zero attached hydrogens (tertiary/aromatic N) is 3. The van der Waals surface area contributed by atoms with Crippen LogP contribution < -0.4 is 4.74 Å². The van der Waals surface area contributed by atoms with Crippen LogP contribution in [0, 0.1) is 0 Å². The summed E-state index contributed by atoms with van der Waals surface area (Å²) in [5.41, 5.74) is 0. The van der Waals surface area contributed by atoms with E-state index in [2.05, 4.69) is 15.0 Å². The van der Waals surface area contributed by atoms with Crippen molar-refractivity contribution in [3.8, 4) is 6.01 Å². The molecule has 0 aliphatic rings. The molecule has 0 unspecified atom stereocenters. The number of aromatic nitrogens is 3. The maximum atomic E-state index is 5.62. The molecule has 0 bridgehead atoms. The molecule has 7 heteroatoms. The van der Waals surface area contributed by atoms with Crippen LogP contribution in [0.2, 0.25) is 5.28 Å². The second-order valence-electron chi connectivity index (χ2n) is 1.91. The summed E-state index contributed by atoms with van der Waals surface area (Å²) in [5.74, 6) is 1.27. The molecule has 0 aliphatic carbocycles. The Bertz CT molecular complexity index is 287. The quantitative estimate of drug-likeness (QED) is 0.593. The van der Waals surface area contributed by atoms with Crippen LogP contribution >= 0.6 is 35.0 Å². The number of alkyl halides is 1. The molecule has 0 saturated carbocycles. The van der Waals surface area contributed by atoms with Gasteiger partial charge in [-0.05, 0) is 11.6 Å². The molecule has 0 spiro atoms. The lowest BCUT2D eigenvalue weighted by atomic mass is 11.0. The zero-order chi connectivity index (χ0) is 9.68. The monoisotopic (exact) mass is 239 g/mol. The summed E-state index contributed by atoms with van der Waals surface area (Å²) in [4.78, 5) is 11.6. The summed E-state index contributed by atoms with van der Waals surface area (Å²) in [6, 6.07) is 0.220. The van der Waals surface area contributed by atoms with E-state index in [0.29, 0.717) is 11.0 Å². The Morgan fingerprint density at radius 2 is 2.15 bits per heavy atom. The Balaban J connectivity index is 2.76. The average Bonchev–Trinajstić information content (AvgIpc) is 2.14. The Kier molecular flexibility index (Phi) is 4.55. The van der Waals surface area contributed by atoms with Gasteiger partial charge in [-0.3, -0.25) is 0 Å². The number of hydrogen-bond donors (Lipinski definition) is 0. The molecule has 13 heavy (non-hydrogen) atoms. The van der Waals surface area contributed by atoms with Crippen molar-refractivity contribution >= 4 is 35.0 Å². The Hall–Kier alpha value is -0.260. The molecule has 1 aromatic rings. The average molecular weight is 240 g/mol. The summed E-state index contributed by atoms with van der Waals surface area (Å²) in [7, 11) is 1.47. The molecule has 0 amide bonds. The molecule has 1 rings (SSSR count). The smallest absolute Gasteiger partial charge is 0.321 e. The second-order valence-corrected chi connectivity index (χ2v) is 3.69. The van der Waals surface area contributed by atoms with E-state index in [4.69, 9.17) is 27.9 Å². The molecule has 4 nitrogen and oxygen atoms in total. The van der Waals surface area contributed by atoms with Crippen molar-refractivity contribution in [3.05, 3.63) is 5.28 Å². The lowest BCUT2D eigenvalue weighted by Crippen LogP contribution is -1.97. The summed E-state index contributed by atoms with van der Waals surface area (Å²) in [5, 5.41) is 0.654. The van der Waals surface area contributed by atoms with Crippen LogP contribution in [-0.2, 0) is 0 Å². The number of ether oxygens (including phenoxy) is 1. The lowest BCUT2D eigenvalue weighted by molar-refractivity contribution is 0.373. The Morgan fingerprint density at radius 1 is 1.38 bits per heavy atom. The fourth-order valence-corrected chi connectivity index (χ4v) is 1.59. The number of rotatable bonds is 4. The number of halogens is 2. The molecule has 1 aromatic heterocycles. The molecule has 0 N–H and O–H groups in total. The van der Waals surface area contributed by atoms with Gasteiger partial charge >= 0.3 is 6.01 Å². The number of methoxy groups -OCH3 is 1. The number of thioether (sulfide) groups is 1. The Labute approximate surface area is 90.0 Å². The van der Waals surface area contributed by atoms with E-state index in [1.165, 1.54) is 18.9 Å². The minimum absolute atomic E-state index is 0.129. The van der Waals surface area contributed by atoms with Crippen molar-refractivity contribution in [3.63, 3.8) is 0 Å². The van der Waals surface area contributed by atoms with Crippen LogP contribution in [-0.4, -0.2) is 33.7 Å². The largest absolute Gasteiger partial charge is 0.467 e. The molecule has 0 radical (unpaired) electrons. The van der Waals surface area contributed by atoms with Crippen LogP contribution in [0.25, 0.3) is 0 Å². The molecule has 0 aliphatic heterocycles. The van der Waals surface area contributed by atoms with Gasteiger partial charge in [-0.25, -0.2) is 0 Å². The third-order valence-corrected chi connectivity index (χ3v) is 2.49. The molecular weight excluding hydrogens is 233 g/mol. The first-order valence-corrected chi connectivity index (χ1v) is 5.30. The van der Waals surface area contributed by atoms with Crippen molar-refractivity contribution < 1.29 is 4.74 Å². The highest BCUT2D eigenvalue weighted by Gasteiger charge is 2.04. The van der Waals surface area contributed by atoms with Gasteiger partial charge in [0, 0.05) is 11.6 Å². The van der Waals surface area contributed by atoms with Crippen LogP contribution in [0.5, 0.6) is 6.01 Å². The first-order valence-electron chi connectivity index (χ1n) is 3.40. The predicted molar refractivity (Wildman–Crippen MR) is 52.8 cm³/mol. The minimum Gasteiger partial charge on any atom is -0.467 e. The fraction of sp³-hybridized carbons (Fsp3) is 0.500. The zero-order valence-corrected chi connectivity index (χ0v) is 9.16. The van der Waals surface area contributed by atoms with Crippen LogP contribution in [0.15, 0.2) is 5.16 Å². The van der Waals surface area contributed by atoms with E-state index >= 15 is 0 Å². The van der Waals surface area contributed by atoms with Crippen LogP contribution in [0.3, 0.4) is 0 Å². The third-order valence-electron chi connectivity index (χ3n) is 1.06. The SMILES string of the molecule is COc1nc(Cl)nc(SCCCl)n1. The molecule has 1 heterocycles. The van der Waals surface area contributed by atoms with Gasteiger partial charge in [-0.2, -0.15) is 15.0 Å². The van der Waals surface area contributed by atoms with E-state index in [-0.39, 0.29) is 11.3 Å². The van der Waals surface area contributed by atoms with Crippen molar-refractivity contribution in [2.75, 3.05) is 18.7 Å². The highest BCUT2D eigenvalue weighted by atomic mass is 35.5. The first kappa shape index (κ1) is 10.8. The minimum atomic E-state index is 0.129. The van der Waals surface area contributed by atoms with Gasteiger partial charge in [-0.1, -0.05) is 11.8 Å². The molecule has 0 saturated heterocycles.